The van der Waals surface area contributed by atoms with Crippen LogP contribution in [-0.4, -0.2) is 24.4 Å². The summed E-state index contributed by atoms with van der Waals surface area (Å²) in [4.78, 5) is 4.57. The average Bonchev–Trinajstić information content (AvgIpc) is 2.90. The lowest BCUT2D eigenvalue weighted by Crippen LogP contribution is -2.07. The van der Waals surface area contributed by atoms with Crippen LogP contribution in [0.5, 0.6) is 0 Å². The van der Waals surface area contributed by atoms with Gasteiger partial charge in [-0.2, -0.15) is 14.7 Å². The molecule has 1 N–H and O–H groups in total. The summed E-state index contributed by atoms with van der Waals surface area (Å²) in [5.74, 6) is 0.942. The maximum atomic E-state index is 4.57. The second kappa shape index (κ2) is 4.87. The third-order valence-electron chi connectivity index (χ3n) is 3.80. The van der Waals surface area contributed by atoms with Gasteiger partial charge in [-0.3, -0.25) is 4.68 Å². The summed E-state index contributed by atoms with van der Waals surface area (Å²) in [6.45, 7) is 8.77. The molecule has 0 spiro atoms. The number of fused-ring (bicyclic) bond motifs is 1. The quantitative estimate of drug-likeness (QED) is 0.802. The lowest BCUT2D eigenvalue weighted by Gasteiger charge is -2.08. The number of rotatable bonds is 3. The van der Waals surface area contributed by atoms with E-state index in [1.165, 1.54) is 0 Å². The standard InChI is InChI=1S/C15H20N6/c1-9-6-14(16-8-13-7-10(2)20(5)19-13)21-15(17-9)11(3)12(4)18-21/h6-7,16H,8H2,1-5H3. The van der Waals surface area contributed by atoms with Gasteiger partial charge in [0.05, 0.1) is 17.9 Å². The van der Waals surface area contributed by atoms with E-state index in [2.05, 4.69) is 33.5 Å². The molecular weight excluding hydrogens is 264 g/mol. The molecule has 0 aliphatic heterocycles. The third kappa shape index (κ3) is 2.37. The van der Waals surface area contributed by atoms with Gasteiger partial charge >= 0.3 is 0 Å². The molecule has 0 aromatic carbocycles. The fourth-order valence-electron chi connectivity index (χ4n) is 2.38. The predicted molar refractivity (Wildman–Crippen MR) is 82.5 cm³/mol. The Balaban J connectivity index is 1.94. The van der Waals surface area contributed by atoms with Crippen molar-refractivity contribution in [2.45, 2.75) is 34.2 Å². The lowest BCUT2D eigenvalue weighted by molar-refractivity contribution is 0.723. The zero-order valence-corrected chi connectivity index (χ0v) is 13.1. The topological polar surface area (TPSA) is 60.0 Å². The van der Waals surface area contributed by atoms with Crippen LogP contribution >= 0.6 is 0 Å². The smallest absolute Gasteiger partial charge is 0.160 e. The number of aromatic nitrogens is 5. The average molecular weight is 284 g/mol. The van der Waals surface area contributed by atoms with Gasteiger partial charge in [-0.1, -0.05) is 0 Å². The molecule has 0 amide bonds. The minimum Gasteiger partial charge on any atom is -0.364 e. The van der Waals surface area contributed by atoms with Crippen LogP contribution in [0.2, 0.25) is 0 Å². The Bertz CT molecular complexity index is 792. The van der Waals surface area contributed by atoms with Gasteiger partial charge in [0, 0.05) is 30.1 Å². The van der Waals surface area contributed by atoms with E-state index in [0.717, 1.165) is 39.8 Å². The summed E-state index contributed by atoms with van der Waals surface area (Å²) in [5.41, 5.74) is 6.17. The van der Waals surface area contributed by atoms with Crippen molar-refractivity contribution in [2.75, 3.05) is 5.32 Å². The number of hydrogen-bond acceptors (Lipinski definition) is 4. The highest BCUT2D eigenvalue weighted by atomic mass is 15.3. The molecule has 0 aliphatic rings. The number of aryl methyl sites for hydroxylation is 5. The zero-order chi connectivity index (χ0) is 15.1. The molecular formula is C15H20N6. The molecule has 21 heavy (non-hydrogen) atoms. The van der Waals surface area contributed by atoms with Crippen molar-refractivity contribution in [1.29, 1.82) is 0 Å². The summed E-state index contributed by atoms with van der Waals surface area (Å²) < 4.78 is 3.75. The second-order valence-electron chi connectivity index (χ2n) is 5.48. The van der Waals surface area contributed by atoms with Crippen molar-refractivity contribution in [1.82, 2.24) is 24.4 Å². The van der Waals surface area contributed by atoms with Crippen LogP contribution in [0.3, 0.4) is 0 Å². The maximum absolute atomic E-state index is 4.57. The second-order valence-corrected chi connectivity index (χ2v) is 5.48. The van der Waals surface area contributed by atoms with E-state index in [0.29, 0.717) is 6.54 Å². The monoisotopic (exact) mass is 284 g/mol. The fourth-order valence-corrected chi connectivity index (χ4v) is 2.38. The number of nitrogens with zero attached hydrogens (tertiary/aromatic N) is 5. The Kier molecular flexibility index (Phi) is 3.16. The van der Waals surface area contributed by atoms with Gasteiger partial charge in [0.2, 0.25) is 0 Å². The molecule has 0 unspecified atom stereocenters. The van der Waals surface area contributed by atoms with Crippen LogP contribution in [0.25, 0.3) is 5.65 Å². The predicted octanol–water partition coefficient (Wildman–Crippen LogP) is 2.31. The summed E-state index contributed by atoms with van der Waals surface area (Å²) in [7, 11) is 1.95. The van der Waals surface area contributed by atoms with E-state index in [1.54, 1.807) is 0 Å². The first-order chi connectivity index (χ1) is 9.95. The molecule has 110 valence electrons. The molecule has 6 heteroatoms. The summed E-state index contributed by atoms with van der Waals surface area (Å²) in [6, 6.07) is 4.09. The molecule has 3 aromatic heterocycles. The van der Waals surface area contributed by atoms with E-state index in [-0.39, 0.29) is 0 Å². The molecule has 0 atom stereocenters. The van der Waals surface area contributed by atoms with Gasteiger partial charge < -0.3 is 5.32 Å². The third-order valence-corrected chi connectivity index (χ3v) is 3.80. The van der Waals surface area contributed by atoms with Crippen LogP contribution < -0.4 is 5.32 Å². The van der Waals surface area contributed by atoms with Crippen molar-refractivity contribution in [3.63, 3.8) is 0 Å². The SMILES string of the molecule is Cc1cc(NCc2cc(C)n(C)n2)n2nc(C)c(C)c2n1. The molecule has 0 fully saturated rings. The maximum Gasteiger partial charge on any atom is 0.160 e. The van der Waals surface area contributed by atoms with Gasteiger partial charge in [-0.25, -0.2) is 4.98 Å². The van der Waals surface area contributed by atoms with Crippen molar-refractivity contribution in [3.8, 4) is 0 Å². The fraction of sp³-hybridized carbons (Fsp3) is 0.400. The zero-order valence-electron chi connectivity index (χ0n) is 13.1. The summed E-state index contributed by atoms with van der Waals surface area (Å²) >= 11 is 0. The van der Waals surface area contributed by atoms with Crippen LogP contribution in [-0.2, 0) is 13.6 Å². The minimum atomic E-state index is 0.665. The Hall–Kier alpha value is -2.37. The molecule has 3 heterocycles. The van der Waals surface area contributed by atoms with Gasteiger partial charge in [-0.05, 0) is 33.8 Å². The highest BCUT2D eigenvalue weighted by Crippen LogP contribution is 2.18. The first-order valence-corrected chi connectivity index (χ1v) is 7.02. The molecule has 0 saturated carbocycles. The minimum absolute atomic E-state index is 0.665. The molecule has 0 saturated heterocycles. The van der Waals surface area contributed by atoms with E-state index in [9.17, 15) is 0 Å². The van der Waals surface area contributed by atoms with Gasteiger partial charge in [0.1, 0.15) is 5.82 Å². The molecule has 3 rings (SSSR count). The van der Waals surface area contributed by atoms with E-state index < -0.39 is 0 Å². The van der Waals surface area contributed by atoms with Crippen LogP contribution in [0.4, 0.5) is 5.82 Å². The van der Waals surface area contributed by atoms with E-state index in [1.807, 2.05) is 43.1 Å². The Morgan fingerprint density at radius 2 is 1.86 bits per heavy atom. The Morgan fingerprint density at radius 3 is 2.52 bits per heavy atom. The highest BCUT2D eigenvalue weighted by Gasteiger charge is 2.11. The normalized spacial score (nSPS) is 11.3. The van der Waals surface area contributed by atoms with Crippen molar-refractivity contribution in [3.05, 3.63) is 40.5 Å². The molecule has 0 radical (unpaired) electrons. The number of anilines is 1. The largest absolute Gasteiger partial charge is 0.364 e. The summed E-state index contributed by atoms with van der Waals surface area (Å²) in [6.07, 6.45) is 0. The first kappa shape index (κ1) is 13.6. The number of hydrogen-bond donors (Lipinski definition) is 1. The first-order valence-electron chi connectivity index (χ1n) is 7.02. The van der Waals surface area contributed by atoms with Crippen LogP contribution in [0, 0.1) is 27.7 Å². The van der Waals surface area contributed by atoms with Crippen molar-refractivity contribution < 1.29 is 0 Å². The molecule has 6 nitrogen and oxygen atoms in total. The Labute approximate surface area is 123 Å². The number of nitrogens with one attached hydrogen (secondary N) is 1. The Morgan fingerprint density at radius 1 is 1.10 bits per heavy atom. The lowest BCUT2D eigenvalue weighted by atomic mass is 10.3. The molecule has 3 aromatic rings. The van der Waals surface area contributed by atoms with E-state index >= 15 is 0 Å². The van der Waals surface area contributed by atoms with Crippen molar-refractivity contribution in [2.24, 2.45) is 7.05 Å². The molecule has 0 aliphatic carbocycles. The van der Waals surface area contributed by atoms with E-state index in [4.69, 9.17) is 0 Å². The van der Waals surface area contributed by atoms with Crippen LogP contribution in [0.15, 0.2) is 12.1 Å². The highest BCUT2D eigenvalue weighted by molar-refractivity contribution is 5.55. The summed E-state index contributed by atoms with van der Waals surface area (Å²) in [5, 5.41) is 12.4. The van der Waals surface area contributed by atoms with Gasteiger partial charge in [0.15, 0.2) is 5.65 Å². The van der Waals surface area contributed by atoms with Gasteiger partial charge in [-0.15, -0.1) is 0 Å². The molecule has 0 bridgehead atoms. The van der Waals surface area contributed by atoms with Gasteiger partial charge in [0.25, 0.3) is 0 Å². The van der Waals surface area contributed by atoms with Crippen molar-refractivity contribution >= 4 is 11.5 Å². The van der Waals surface area contributed by atoms with Crippen LogP contribution in [0.1, 0.15) is 28.3 Å².